The van der Waals surface area contributed by atoms with Gasteiger partial charge in [-0.2, -0.15) is 0 Å². The van der Waals surface area contributed by atoms with E-state index in [4.69, 9.17) is 5.11 Å². The second kappa shape index (κ2) is 4.54. The molecule has 2 aromatic rings. The Morgan fingerprint density at radius 1 is 1.24 bits per heavy atom. The van der Waals surface area contributed by atoms with E-state index < -0.39 is 17.6 Å². The van der Waals surface area contributed by atoms with Gasteiger partial charge in [-0.15, -0.1) is 11.3 Å². The summed E-state index contributed by atoms with van der Waals surface area (Å²) in [5, 5.41) is 8.76. The molecule has 0 aliphatic rings. The molecule has 0 radical (unpaired) electrons. The molecule has 17 heavy (non-hydrogen) atoms. The van der Waals surface area contributed by atoms with Crippen molar-refractivity contribution in [1.29, 1.82) is 0 Å². The van der Waals surface area contributed by atoms with Crippen LogP contribution in [0.15, 0.2) is 28.7 Å². The van der Waals surface area contributed by atoms with E-state index in [1.807, 2.05) is 0 Å². The molecule has 0 bridgehead atoms. The molecule has 0 spiro atoms. The highest BCUT2D eigenvalue weighted by molar-refractivity contribution is 9.10. The van der Waals surface area contributed by atoms with Crippen molar-refractivity contribution >= 4 is 33.2 Å². The number of carbonyl (C=O) groups is 1. The predicted molar refractivity (Wildman–Crippen MR) is 64.3 cm³/mol. The molecule has 0 unspecified atom stereocenters. The van der Waals surface area contributed by atoms with Crippen LogP contribution in [0.2, 0.25) is 0 Å². The largest absolute Gasteiger partial charge is 0.477 e. The number of aromatic carboxylic acids is 1. The zero-order valence-electron chi connectivity index (χ0n) is 8.21. The van der Waals surface area contributed by atoms with Gasteiger partial charge in [-0.3, -0.25) is 0 Å². The Balaban J connectivity index is 2.52. The molecule has 0 aliphatic heterocycles. The fourth-order valence-corrected chi connectivity index (χ4v) is 2.52. The Labute approximate surface area is 108 Å². The molecule has 0 fully saturated rings. The third-order valence-electron chi connectivity index (χ3n) is 2.09. The average molecular weight is 319 g/mol. The Morgan fingerprint density at radius 3 is 2.53 bits per heavy atom. The summed E-state index contributed by atoms with van der Waals surface area (Å²) in [5.74, 6) is -2.48. The maximum absolute atomic E-state index is 13.5. The molecule has 0 saturated carbocycles. The number of carboxylic acid groups (broad SMARTS) is 1. The summed E-state index contributed by atoms with van der Waals surface area (Å²) in [5.41, 5.74) is 0.177. The van der Waals surface area contributed by atoms with Crippen molar-refractivity contribution in [1.82, 2.24) is 0 Å². The highest BCUT2D eigenvalue weighted by atomic mass is 79.9. The van der Waals surface area contributed by atoms with Crippen molar-refractivity contribution in [2.75, 3.05) is 0 Å². The monoisotopic (exact) mass is 318 g/mol. The molecule has 1 N–H and O–H groups in total. The van der Waals surface area contributed by atoms with E-state index in [9.17, 15) is 13.6 Å². The second-order valence-electron chi connectivity index (χ2n) is 3.22. The zero-order valence-corrected chi connectivity index (χ0v) is 10.6. The van der Waals surface area contributed by atoms with Crippen LogP contribution in [0.3, 0.4) is 0 Å². The molecule has 2 nitrogen and oxygen atoms in total. The maximum atomic E-state index is 13.5. The smallest absolute Gasteiger partial charge is 0.345 e. The van der Waals surface area contributed by atoms with Gasteiger partial charge in [0.1, 0.15) is 16.5 Å². The Hall–Kier alpha value is -1.27. The van der Waals surface area contributed by atoms with E-state index in [1.165, 1.54) is 18.2 Å². The fraction of sp³-hybridized carbons (Fsp3) is 0. The lowest BCUT2D eigenvalue weighted by molar-refractivity contribution is 0.0702. The predicted octanol–water partition coefficient (Wildman–Crippen LogP) is 4.15. The van der Waals surface area contributed by atoms with Crippen molar-refractivity contribution in [3.63, 3.8) is 0 Å². The second-order valence-corrected chi connectivity index (χ2v) is 5.15. The fourth-order valence-electron chi connectivity index (χ4n) is 1.31. The Bertz CT molecular complexity index is 595. The van der Waals surface area contributed by atoms with E-state index in [2.05, 4.69) is 15.9 Å². The summed E-state index contributed by atoms with van der Waals surface area (Å²) in [6.07, 6.45) is 0. The normalized spacial score (nSPS) is 10.5. The lowest BCUT2D eigenvalue weighted by atomic mass is 10.2. The van der Waals surface area contributed by atoms with Crippen LogP contribution in [-0.4, -0.2) is 11.1 Å². The number of hydrogen-bond donors (Lipinski definition) is 1. The summed E-state index contributed by atoms with van der Waals surface area (Å²) >= 11 is 3.90. The van der Waals surface area contributed by atoms with Crippen LogP contribution in [-0.2, 0) is 0 Å². The van der Waals surface area contributed by atoms with Crippen molar-refractivity contribution in [2.45, 2.75) is 0 Å². The van der Waals surface area contributed by atoms with Crippen molar-refractivity contribution < 1.29 is 18.7 Å². The van der Waals surface area contributed by atoms with Gasteiger partial charge in [0.25, 0.3) is 0 Å². The highest BCUT2D eigenvalue weighted by Gasteiger charge is 2.14. The minimum atomic E-state index is -1.07. The van der Waals surface area contributed by atoms with E-state index >= 15 is 0 Å². The Morgan fingerprint density at radius 2 is 1.94 bits per heavy atom. The molecule has 1 aromatic heterocycles. The third-order valence-corrected chi connectivity index (χ3v) is 3.81. The standard InChI is InChI=1S/C11H5BrF2O2S/c12-6-3-5(7(13)4-8(6)14)9-1-2-10(17-9)11(15)16/h1-4H,(H,15,16). The molecule has 2 rings (SSSR count). The lowest BCUT2D eigenvalue weighted by Crippen LogP contribution is -1.89. The number of hydrogen-bond acceptors (Lipinski definition) is 2. The van der Waals surface area contributed by atoms with Crippen LogP contribution in [0.4, 0.5) is 8.78 Å². The lowest BCUT2D eigenvalue weighted by Gasteiger charge is -2.02. The molecule has 0 aliphatic carbocycles. The van der Waals surface area contributed by atoms with Gasteiger partial charge in [0, 0.05) is 16.5 Å². The van der Waals surface area contributed by atoms with Gasteiger partial charge in [0.2, 0.25) is 0 Å². The van der Waals surface area contributed by atoms with Gasteiger partial charge in [-0.25, -0.2) is 13.6 Å². The number of benzene rings is 1. The number of halogens is 3. The topological polar surface area (TPSA) is 37.3 Å². The van der Waals surface area contributed by atoms with Crippen molar-refractivity contribution in [2.24, 2.45) is 0 Å². The van der Waals surface area contributed by atoms with E-state index in [0.29, 0.717) is 4.88 Å². The van der Waals surface area contributed by atoms with Crippen LogP contribution < -0.4 is 0 Å². The molecular weight excluding hydrogens is 314 g/mol. The van der Waals surface area contributed by atoms with E-state index in [1.54, 1.807) is 0 Å². The summed E-state index contributed by atoms with van der Waals surface area (Å²) in [7, 11) is 0. The molecule has 0 atom stereocenters. The number of thiophene rings is 1. The molecular formula is C11H5BrF2O2S. The molecule has 0 saturated heterocycles. The van der Waals surface area contributed by atoms with Gasteiger partial charge < -0.3 is 5.11 Å². The molecule has 88 valence electrons. The van der Waals surface area contributed by atoms with Crippen LogP contribution in [0.5, 0.6) is 0 Å². The first-order chi connectivity index (χ1) is 7.99. The summed E-state index contributed by atoms with van der Waals surface area (Å²) in [4.78, 5) is 11.3. The van der Waals surface area contributed by atoms with Gasteiger partial charge >= 0.3 is 5.97 Å². The summed E-state index contributed by atoms with van der Waals surface area (Å²) in [6.45, 7) is 0. The molecule has 6 heteroatoms. The van der Waals surface area contributed by atoms with Crippen molar-refractivity contribution in [3.05, 3.63) is 45.2 Å². The van der Waals surface area contributed by atoms with Crippen molar-refractivity contribution in [3.8, 4) is 10.4 Å². The molecule has 0 amide bonds. The SMILES string of the molecule is O=C(O)c1ccc(-c2cc(Br)c(F)cc2F)s1. The first kappa shape index (κ1) is 12.2. The van der Waals surface area contributed by atoms with Crippen LogP contribution in [0.1, 0.15) is 9.67 Å². The van der Waals surface area contributed by atoms with Gasteiger partial charge in [-0.1, -0.05) is 0 Å². The average Bonchev–Trinajstić information content (AvgIpc) is 2.72. The summed E-state index contributed by atoms with van der Waals surface area (Å²) < 4.78 is 26.7. The number of carboxylic acids is 1. The first-order valence-electron chi connectivity index (χ1n) is 4.47. The number of rotatable bonds is 2. The van der Waals surface area contributed by atoms with Gasteiger partial charge in [0.05, 0.1) is 4.47 Å². The minimum absolute atomic E-state index is 0.111. The van der Waals surface area contributed by atoms with Gasteiger partial charge in [0.15, 0.2) is 0 Å². The van der Waals surface area contributed by atoms with E-state index in [-0.39, 0.29) is 14.9 Å². The molecule has 1 heterocycles. The van der Waals surface area contributed by atoms with Gasteiger partial charge in [-0.05, 0) is 34.1 Å². The van der Waals surface area contributed by atoms with Crippen LogP contribution in [0, 0.1) is 11.6 Å². The third kappa shape index (κ3) is 2.37. The first-order valence-corrected chi connectivity index (χ1v) is 6.08. The Kier molecular flexibility index (Phi) is 3.26. The zero-order chi connectivity index (χ0) is 12.6. The van der Waals surface area contributed by atoms with Crippen LogP contribution in [0.25, 0.3) is 10.4 Å². The minimum Gasteiger partial charge on any atom is -0.477 e. The molecule has 1 aromatic carbocycles. The maximum Gasteiger partial charge on any atom is 0.345 e. The quantitative estimate of drug-likeness (QED) is 0.844. The summed E-state index contributed by atoms with van der Waals surface area (Å²) in [6, 6.07) is 4.94. The highest BCUT2D eigenvalue weighted by Crippen LogP contribution is 2.33. The van der Waals surface area contributed by atoms with Crippen LogP contribution >= 0.6 is 27.3 Å². The van der Waals surface area contributed by atoms with E-state index in [0.717, 1.165) is 17.4 Å².